The van der Waals surface area contributed by atoms with E-state index in [0.717, 1.165) is 11.4 Å². The van der Waals surface area contributed by atoms with E-state index in [0.29, 0.717) is 18.1 Å². The largest absolute Gasteiger partial charge is 0.508 e. The van der Waals surface area contributed by atoms with E-state index in [4.69, 9.17) is 0 Å². The van der Waals surface area contributed by atoms with Crippen molar-refractivity contribution in [3.8, 4) is 5.75 Å². The van der Waals surface area contributed by atoms with Gasteiger partial charge in [0.05, 0.1) is 5.69 Å². The van der Waals surface area contributed by atoms with E-state index in [1.807, 2.05) is 24.6 Å². The number of hydrogen-bond donors (Lipinski definition) is 2. The second kappa shape index (κ2) is 5.96. The normalized spacial score (nSPS) is 10.7. The molecule has 0 unspecified atom stereocenters. The molecular weight excluding hydrogens is 294 g/mol. The summed E-state index contributed by atoms with van der Waals surface area (Å²) >= 11 is 0. The summed E-state index contributed by atoms with van der Waals surface area (Å²) < 4.78 is 3.47. The molecular formula is C16H17N5O2. The van der Waals surface area contributed by atoms with Gasteiger partial charge in [-0.05, 0) is 38.1 Å². The smallest absolute Gasteiger partial charge is 0.276 e. The van der Waals surface area contributed by atoms with Gasteiger partial charge in [-0.25, -0.2) is 4.68 Å². The van der Waals surface area contributed by atoms with Crippen molar-refractivity contribution < 1.29 is 9.90 Å². The molecule has 2 aromatic heterocycles. The average molecular weight is 311 g/mol. The summed E-state index contributed by atoms with van der Waals surface area (Å²) in [6.45, 7) is 4.35. The summed E-state index contributed by atoms with van der Waals surface area (Å²) in [4.78, 5) is 12.2. The van der Waals surface area contributed by atoms with E-state index < -0.39 is 0 Å². The van der Waals surface area contributed by atoms with Crippen LogP contribution in [0.3, 0.4) is 0 Å². The Bertz CT molecular complexity index is 850. The topological polar surface area (TPSA) is 85.0 Å². The number of hydrogen-bond acceptors (Lipinski definition) is 4. The Balaban J connectivity index is 1.71. The van der Waals surface area contributed by atoms with Crippen molar-refractivity contribution in [3.05, 3.63) is 59.7 Å². The number of nitrogens with zero attached hydrogens (tertiary/aromatic N) is 4. The van der Waals surface area contributed by atoms with E-state index >= 15 is 0 Å². The highest BCUT2D eigenvalue weighted by Gasteiger charge is 2.11. The number of rotatable bonds is 4. The monoisotopic (exact) mass is 311 g/mol. The first-order valence-electron chi connectivity index (χ1n) is 7.16. The number of phenols is 1. The summed E-state index contributed by atoms with van der Waals surface area (Å²) in [7, 11) is 0. The molecule has 2 heterocycles. The third-order valence-electron chi connectivity index (χ3n) is 3.36. The number of nitrogens with one attached hydrogen (secondary N) is 1. The molecule has 1 amide bonds. The predicted molar refractivity (Wildman–Crippen MR) is 85.4 cm³/mol. The SMILES string of the molecule is Cc1cc(C)n(Cn2ccc(C(=O)Nc3cccc(O)c3)n2)n1. The predicted octanol–water partition coefficient (Wildman–Crippen LogP) is 2.16. The summed E-state index contributed by atoms with van der Waals surface area (Å²) in [6.07, 6.45) is 1.73. The van der Waals surface area contributed by atoms with Crippen molar-refractivity contribution in [2.45, 2.75) is 20.5 Å². The fourth-order valence-corrected chi connectivity index (χ4v) is 2.30. The Morgan fingerprint density at radius 3 is 2.74 bits per heavy atom. The van der Waals surface area contributed by atoms with Gasteiger partial charge in [-0.3, -0.25) is 9.48 Å². The summed E-state index contributed by atoms with van der Waals surface area (Å²) in [5, 5.41) is 20.7. The first kappa shape index (κ1) is 14.8. The molecule has 0 atom stereocenters. The summed E-state index contributed by atoms with van der Waals surface area (Å²) in [5.74, 6) is -0.236. The van der Waals surface area contributed by atoms with E-state index in [1.54, 1.807) is 35.1 Å². The second-order valence-corrected chi connectivity index (χ2v) is 5.31. The third-order valence-corrected chi connectivity index (χ3v) is 3.36. The highest BCUT2D eigenvalue weighted by Crippen LogP contribution is 2.16. The minimum absolute atomic E-state index is 0.0952. The van der Waals surface area contributed by atoms with Crippen LogP contribution in [-0.4, -0.2) is 30.6 Å². The Morgan fingerprint density at radius 2 is 2.04 bits per heavy atom. The van der Waals surface area contributed by atoms with Crippen molar-refractivity contribution in [1.82, 2.24) is 19.6 Å². The van der Waals surface area contributed by atoms with Gasteiger partial charge in [-0.1, -0.05) is 6.07 Å². The van der Waals surface area contributed by atoms with Gasteiger partial charge in [0, 0.05) is 23.6 Å². The first-order valence-corrected chi connectivity index (χ1v) is 7.16. The van der Waals surface area contributed by atoms with Crippen molar-refractivity contribution in [2.75, 3.05) is 5.32 Å². The number of phenolic OH excluding ortho intramolecular Hbond substituents is 1. The average Bonchev–Trinajstić information content (AvgIpc) is 3.06. The molecule has 0 aliphatic carbocycles. The Labute approximate surface area is 133 Å². The summed E-state index contributed by atoms with van der Waals surface area (Å²) in [5.41, 5.74) is 2.79. The molecule has 0 spiro atoms. The van der Waals surface area contributed by atoms with Gasteiger partial charge in [0.2, 0.25) is 0 Å². The molecule has 3 aromatic rings. The van der Waals surface area contributed by atoms with E-state index in [9.17, 15) is 9.90 Å². The van der Waals surface area contributed by atoms with Gasteiger partial charge >= 0.3 is 0 Å². The molecule has 3 rings (SSSR count). The number of carbonyl (C=O) groups is 1. The zero-order valence-electron chi connectivity index (χ0n) is 12.9. The van der Waals surface area contributed by atoms with Crippen LogP contribution in [0.15, 0.2) is 42.6 Å². The van der Waals surface area contributed by atoms with Gasteiger partial charge in [-0.15, -0.1) is 0 Å². The van der Waals surface area contributed by atoms with Gasteiger partial charge < -0.3 is 10.4 Å². The zero-order chi connectivity index (χ0) is 16.4. The van der Waals surface area contributed by atoms with Gasteiger partial charge in [-0.2, -0.15) is 10.2 Å². The fraction of sp³-hybridized carbons (Fsp3) is 0.188. The first-order chi connectivity index (χ1) is 11.0. The van der Waals surface area contributed by atoms with E-state index in [-0.39, 0.29) is 11.7 Å². The number of anilines is 1. The Kier molecular flexibility index (Phi) is 3.84. The van der Waals surface area contributed by atoms with Gasteiger partial charge in [0.15, 0.2) is 5.69 Å². The van der Waals surface area contributed by atoms with Crippen molar-refractivity contribution in [1.29, 1.82) is 0 Å². The molecule has 0 saturated heterocycles. The molecule has 0 fully saturated rings. The van der Waals surface area contributed by atoms with Crippen molar-refractivity contribution in [2.24, 2.45) is 0 Å². The van der Waals surface area contributed by atoms with Crippen LogP contribution in [0.2, 0.25) is 0 Å². The maximum atomic E-state index is 12.2. The highest BCUT2D eigenvalue weighted by atomic mass is 16.3. The molecule has 7 heteroatoms. The zero-order valence-corrected chi connectivity index (χ0v) is 12.9. The number of aryl methyl sites for hydroxylation is 2. The molecule has 2 N–H and O–H groups in total. The van der Waals surface area contributed by atoms with Crippen LogP contribution in [0.5, 0.6) is 5.75 Å². The third kappa shape index (κ3) is 3.39. The Morgan fingerprint density at radius 1 is 1.22 bits per heavy atom. The lowest BCUT2D eigenvalue weighted by Gasteiger charge is -2.05. The van der Waals surface area contributed by atoms with Gasteiger partial charge in [0.25, 0.3) is 5.91 Å². The quantitative estimate of drug-likeness (QED) is 0.773. The minimum atomic E-state index is -0.331. The van der Waals surface area contributed by atoms with Crippen molar-refractivity contribution in [3.63, 3.8) is 0 Å². The van der Waals surface area contributed by atoms with Crippen LogP contribution >= 0.6 is 0 Å². The molecule has 23 heavy (non-hydrogen) atoms. The van der Waals surface area contributed by atoms with Crippen LogP contribution in [-0.2, 0) is 6.67 Å². The summed E-state index contributed by atoms with van der Waals surface area (Å²) in [6, 6.07) is 10.0. The van der Waals surface area contributed by atoms with E-state index in [2.05, 4.69) is 15.5 Å². The molecule has 118 valence electrons. The lowest BCUT2D eigenvalue weighted by Crippen LogP contribution is -2.15. The second-order valence-electron chi connectivity index (χ2n) is 5.31. The number of carbonyl (C=O) groups excluding carboxylic acids is 1. The molecule has 0 radical (unpaired) electrons. The molecule has 1 aromatic carbocycles. The lowest BCUT2D eigenvalue weighted by atomic mass is 10.3. The number of aromatic nitrogens is 4. The molecule has 0 aliphatic rings. The molecule has 0 saturated carbocycles. The van der Waals surface area contributed by atoms with Crippen LogP contribution < -0.4 is 5.32 Å². The lowest BCUT2D eigenvalue weighted by molar-refractivity contribution is 0.102. The molecule has 0 aliphatic heterocycles. The highest BCUT2D eigenvalue weighted by molar-refractivity contribution is 6.02. The maximum Gasteiger partial charge on any atom is 0.276 e. The van der Waals surface area contributed by atoms with Crippen LogP contribution in [0.25, 0.3) is 0 Å². The Hall–Kier alpha value is -3.09. The van der Waals surface area contributed by atoms with Crippen molar-refractivity contribution >= 4 is 11.6 Å². The number of aromatic hydroxyl groups is 1. The standard InChI is InChI=1S/C16H17N5O2/c1-11-8-12(2)21(18-11)10-20-7-6-15(19-20)16(23)17-13-4-3-5-14(22)9-13/h3-9,22H,10H2,1-2H3,(H,17,23). The van der Waals surface area contributed by atoms with Crippen LogP contribution in [0.1, 0.15) is 21.9 Å². The number of amides is 1. The van der Waals surface area contributed by atoms with E-state index in [1.165, 1.54) is 6.07 Å². The van der Waals surface area contributed by atoms with Gasteiger partial charge in [0.1, 0.15) is 12.4 Å². The minimum Gasteiger partial charge on any atom is -0.508 e. The molecule has 0 bridgehead atoms. The number of benzene rings is 1. The maximum absolute atomic E-state index is 12.2. The van der Waals surface area contributed by atoms with Crippen LogP contribution in [0.4, 0.5) is 5.69 Å². The fourth-order valence-electron chi connectivity index (χ4n) is 2.30. The molecule has 7 nitrogen and oxygen atoms in total. The van der Waals surface area contributed by atoms with Crippen LogP contribution in [0, 0.1) is 13.8 Å².